The number of fused-ring (bicyclic) bond motifs is 5. The minimum atomic E-state index is -4.18. The van der Waals surface area contributed by atoms with E-state index in [4.69, 9.17) is 50.5 Å². The van der Waals surface area contributed by atoms with Gasteiger partial charge >= 0.3 is 13.5 Å². The zero-order valence-corrected chi connectivity index (χ0v) is 28.0. The highest BCUT2D eigenvalue weighted by atomic mass is 32.7. The molecule has 0 aromatic carbocycles. The number of nitrogen functional groups attached to an aromatic ring is 2. The predicted molar refractivity (Wildman–Crippen MR) is 170 cm³/mol. The largest absolute Gasteiger partial charge is 0.440 e. The summed E-state index contributed by atoms with van der Waals surface area (Å²) < 4.78 is 68.5. The van der Waals surface area contributed by atoms with Gasteiger partial charge in [-0.2, -0.15) is 9.37 Å². The van der Waals surface area contributed by atoms with E-state index in [2.05, 4.69) is 29.9 Å². The molecule has 8 rings (SSSR count). The van der Waals surface area contributed by atoms with Gasteiger partial charge in [-0.1, -0.05) is 0 Å². The Morgan fingerprint density at radius 1 is 1.15 bits per heavy atom. The summed E-state index contributed by atoms with van der Waals surface area (Å²) in [6, 6.07) is 0. The van der Waals surface area contributed by atoms with E-state index >= 15 is 4.39 Å². The Morgan fingerprint density at radius 3 is 2.71 bits per heavy atom. The van der Waals surface area contributed by atoms with Crippen molar-refractivity contribution in [3.8, 4) is 11.6 Å². The molecular formula is C24H25FN10O9P2S2. The highest BCUT2D eigenvalue weighted by molar-refractivity contribution is 8.54. The van der Waals surface area contributed by atoms with Crippen molar-refractivity contribution in [2.45, 2.75) is 37.9 Å². The van der Waals surface area contributed by atoms with E-state index in [1.54, 1.807) is 0 Å². The standard InChI is InChI=1S/C24H25FN10O9P2S2/c1-48-46(38)40-4-10-12(9-2-3-9)17(23(41-10)35-8-31-15-20(35)32-24(27)33-21(15)36)43-45(37,47)39-5-11-16(44-46)13(25)22(42-11)34-7-30-14-18(26)28-6-29-19(14)34/h6-10,12,17,23H,2-5H2,1H3,(H,37,47)(H2,26,28,29)(H3,27,32,33,36)/t10-,12?,17?,23-,45?,46?/m1/s1. The van der Waals surface area contributed by atoms with Crippen molar-refractivity contribution in [2.24, 2.45) is 11.8 Å². The molecule has 6 atom stereocenters. The van der Waals surface area contributed by atoms with Gasteiger partial charge in [0.2, 0.25) is 23.4 Å². The number of H-pyrrole nitrogens is 1. The van der Waals surface area contributed by atoms with E-state index in [1.807, 2.05) is 0 Å². The van der Waals surface area contributed by atoms with Crippen LogP contribution in [0.15, 0.2) is 28.2 Å². The number of aromatic amines is 1. The lowest BCUT2D eigenvalue weighted by Gasteiger charge is -2.28. The molecule has 4 unspecified atom stereocenters. The molecule has 1 saturated heterocycles. The highest BCUT2D eigenvalue weighted by Gasteiger charge is 2.55. The van der Waals surface area contributed by atoms with Crippen LogP contribution in [-0.4, -0.2) is 69.0 Å². The molecule has 2 bridgehead atoms. The monoisotopic (exact) mass is 742 g/mol. The molecule has 5 aromatic heterocycles. The Morgan fingerprint density at radius 2 is 1.94 bits per heavy atom. The summed E-state index contributed by atoms with van der Waals surface area (Å²) in [4.78, 5) is 46.8. The van der Waals surface area contributed by atoms with Crippen molar-refractivity contribution >= 4 is 70.8 Å². The smallest absolute Gasteiger partial charge is 0.435 e. The van der Waals surface area contributed by atoms with Crippen LogP contribution in [-0.2, 0) is 41.3 Å². The molecule has 1 aliphatic carbocycles. The first kappa shape index (κ1) is 31.8. The van der Waals surface area contributed by atoms with Crippen LogP contribution in [0.4, 0.5) is 16.2 Å². The van der Waals surface area contributed by atoms with Gasteiger partial charge in [-0.3, -0.25) is 18.9 Å². The molecule has 3 aliphatic rings. The van der Waals surface area contributed by atoms with E-state index in [0.29, 0.717) is 0 Å². The van der Waals surface area contributed by atoms with E-state index < -0.39 is 67.5 Å². The van der Waals surface area contributed by atoms with Gasteiger partial charge in [-0.25, -0.2) is 29.1 Å². The van der Waals surface area contributed by atoms with Crippen LogP contribution in [0.1, 0.15) is 24.8 Å². The Kier molecular flexibility index (Phi) is 7.66. The fraction of sp³-hybridized carbons (Fsp3) is 0.417. The Hall–Kier alpha value is -3.46. The lowest BCUT2D eigenvalue weighted by Crippen LogP contribution is -2.32. The quantitative estimate of drug-likeness (QED) is 0.193. The molecular weight excluding hydrogens is 717 g/mol. The Balaban J connectivity index is 1.20. The van der Waals surface area contributed by atoms with E-state index in [1.165, 1.54) is 29.8 Å². The van der Waals surface area contributed by atoms with E-state index in [0.717, 1.165) is 28.8 Å². The number of nitrogens with one attached hydrogen (secondary N) is 1. The Labute approximate surface area is 277 Å². The number of nitrogens with zero attached hydrogens (tertiary/aromatic N) is 7. The number of anilines is 2. The van der Waals surface area contributed by atoms with Gasteiger partial charge in [0.25, 0.3) is 5.56 Å². The lowest BCUT2D eigenvalue weighted by molar-refractivity contribution is -0.0450. The topological polar surface area (TPSA) is 256 Å². The van der Waals surface area contributed by atoms with Crippen LogP contribution in [0.25, 0.3) is 28.2 Å². The molecule has 7 heterocycles. The van der Waals surface area contributed by atoms with Crippen LogP contribution in [0.5, 0.6) is 5.75 Å². The van der Waals surface area contributed by atoms with Crippen LogP contribution in [0.2, 0.25) is 0 Å². The summed E-state index contributed by atoms with van der Waals surface area (Å²) in [6.45, 7) is -9.32. The van der Waals surface area contributed by atoms with Crippen LogP contribution >= 0.6 is 24.9 Å². The number of aromatic nitrogens is 8. The number of halogens is 1. The first-order valence-corrected chi connectivity index (χ1v) is 20.2. The number of ether oxygens (including phenoxy) is 1. The minimum Gasteiger partial charge on any atom is -0.435 e. The molecule has 5 aromatic rings. The van der Waals surface area contributed by atoms with E-state index in [9.17, 15) is 14.3 Å². The number of imidazole rings is 2. The maximum atomic E-state index is 16.1. The molecule has 48 heavy (non-hydrogen) atoms. The third-order valence-corrected chi connectivity index (χ3v) is 12.9. The van der Waals surface area contributed by atoms with E-state index in [-0.39, 0.29) is 52.4 Å². The fourth-order valence-corrected chi connectivity index (χ4v) is 9.18. The first-order chi connectivity index (χ1) is 22.9. The van der Waals surface area contributed by atoms with Crippen LogP contribution in [0.3, 0.4) is 0 Å². The summed E-state index contributed by atoms with van der Waals surface area (Å²) in [5.74, 6) is -2.99. The third kappa shape index (κ3) is 5.40. The van der Waals surface area contributed by atoms with Crippen molar-refractivity contribution in [1.82, 2.24) is 39.0 Å². The van der Waals surface area contributed by atoms with Gasteiger partial charge < -0.3 is 39.1 Å². The summed E-state index contributed by atoms with van der Waals surface area (Å²) in [5.41, 5.74) is 11.5. The van der Waals surface area contributed by atoms with Gasteiger partial charge in [0.15, 0.2) is 40.1 Å². The normalized spacial score (nSPS) is 29.6. The van der Waals surface area contributed by atoms with Crippen LogP contribution < -0.4 is 21.6 Å². The van der Waals surface area contributed by atoms with Gasteiger partial charge in [0, 0.05) is 5.92 Å². The maximum Gasteiger partial charge on any atom is 0.440 e. The maximum absolute atomic E-state index is 16.1. The summed E-state index contributed by atoms with van der Waals surface area (Å²) in [5, 5.41) is 0. The van der Waals surface area contributed by atoms with Crippen molar-refractivity contribution in [2.75, 3.05) is 24.3 Å². The van der Waals surface area contributed by atoms with Gasteiger partial charge in [0.1, 0.15) is 25.4 Å². The van der Waals surface area contributed by atoms with Gasteiger partial charge in [0.05, 0.1) is 19.0 Å². The lowest BCUT2D eigenvalue weighted by atomic mass is 9.93. The zero-order valence-electron chi connectivity index (χ0n) is 24.5. The predicted octanol–water partition coefficient (Wildman–Crippen LogP) is 2.77. The molecule has 6 N–H and O–H groups in total. The zero-order chi connectivity index (χ0) is 33.5. The number of rotatable bonds is 4. The summed E-state index contributed by atoms with van der Waals surface area (Å²) >= 11 is 6.15. The average molecular weight is 743 g/mol. The van der Waals surface area contributed by atoms with Crippen LogP contribution in [0, 0.1) is 17.7 Å². The molecule has 2 fully saturated rings. The summed E-state index contributed by atoms with van der Waals surface area (Å²) in [7, 11) is 0. The van der Waals surface area contributed by atoms with Crippen molar-refractivity contribution < 1.29 is 41.1 Å². The molecule has 0 radical (unpaired) electrons. The SMILES string of the molecule is CSP1(=O)OC[C@H]2O[C@@H](n3cnc4c(=O)[nH]c(N)nc43)C(OP(O)(=S)OCc3oc(-n4cnc5c(N)ncnc54)c(F)c3O1)C2C1CC1. The van der Waals surface area contributed by atoms with Crippen molar-refractivity contribution in [3.63, 3.8) is 0 Å². The molecule has 24 heteroatoms. The summed E-state index contributed by atoms with van der Waals surface area (Å²) in [6.07, 6.45) is 3.96. The fourth-order valence-electron chi connectivity index (χ4n) is 5.91. The molecule has 1 saturated carbocycles. The number of furan rings is 1. The second-order valence-electron chi connectivity index (χ2n) is 11.1. The van der Waals surface area contributed by atoms with Crippen molar-refractivity contribution in [3.05, 3.63) is 40.9 Å². The average Bonchev–Trinajstić information content (AvgIpc) is 3.34. The number of hydrogen-bond donors (Lipinski definition) is 4. The second-order valence-corrected chi connectivity index (χ2v) is 18.0. The third-order valence-electron chi connectivity index (χ3n) is 8.17. The molecule has 19 nitrogen and oxygen atoms in total. The first-order valence-electron chi connectivity index (χ1n) is 14.2. The Bertz CT molecular complexity index is 2240. The molecule has 2 aliphatic heterocycles. The van der Waals surface area contributed by atoms with Crippen molar-refractivity contribution in [1.29, 1.82) is 0 Å². The number of nitrogens with two attached hydrogens (primary N) is 2. The van der Waals surface area contributed by atoms with Gasteiger partial charge in [-0.05, 0) is 48.2 Å². The highest BCUT2D eigenvalue weighted by Crippen LogP contribution is 2.62. The van der Waals surface area contributed by atoms with Gasteiger partial charge in [-0.15, -0.1) is 0 Å². The molecule has 254 valence electrons. The number of hydrogen-bond acceptors (Lipinski definition) is 17. The molecule has 0 amide bonds. The minimum absolute atomic E-state index is 0.00779. The molecule has 0 spiro atoms. The second kappa shape index (κ2) is 11.6.